The summed E-state index contributed by atoms with van der Waals surface area (Å²) >= 11 is 13.7. The van der Waals surface area contributed by atoms with Gasteiger partial charge in [0.15, 0.2) is 0 Å². The van der Waals surface area contributed by atoms with E-state index in [2.05, 4.69) is 34.0 Å². The third-order valence-electron chi connectivity index (χ3n) is 5.16. The third-order valence-corrected chi connectivity index (χ3v) is 6.86. The Balaban J connectivity index is 1.69. The van der Waals surface area contributed by atoms with Gasteiger partial charge in [-0.15, -0.1) is 4.91 Å². The first-order valence-electron chi connectivity index (χ1n) is 9.01. The normalized spacial score (nSPS) is 16.9. The lowest BCUT2D eigenvalue weighted by Gasteiger charge is -2.38. The smallest absolute Gasteiger partial charge is 0.0762 e. The van der Waals surface area contributed by atoms with Gasteiger partial charge in [0.05, 0.1) is 15.7 Å². The fourth-order valence-electron chi connectivity index (χ4n) is 3.43. The van der Waals surface area contributed by atoms with Crippen LogP contribution in [0, 0.1) is 4.91 Å². The largest absolute Gasteiger partial charge is 0.353 e. The third kappa shape index (κ3) is 5.38. The first-order chi connectivity index (χ1) is 13.0. The number of nitrogens with zero attached hydrogens (tertiary/aromatic N) is 2. The van der Waals surface area contributed by atoms with Gasteiger partial charge in [0.2, 0.25) is 0 Å². The second-order valence-corrected chi connectivity index (χ2v) is 9.09. The summed E-state index contributed by atoms with van der Waals surface area (Å²) in [5, 5.41) is 4.49. The molecule has 1 N–H and O–H groups in total. The summed E-state index contributed by atoms with van der Waals surface area (Å²) in [6.07, 6.45) is 3.83. The molecule has 144 valence electrons. The number of benzene rings is 2. The molecule has 0 unspecified atom stereocenters. The zero-order valence-corrected chi connectivity index (χ0v) is 17.6. The van der Waals surface area contributed by atoms with Crippen molar-refractivity contribution in [1.29, 1.82) is 0 Å². The molecule has 3 rings (SSSR count). The fraction of sp³-hybridized carbons (Fsp3) is 0.400. The van der Waals surface area contributed by atoms with E-state index < -0.39 is 0 Å². The number of halogens is 2. The number of hydrogen-bond donors (Lipinski definition) is 1. The van der Waals surface area contributed by atoms with Crippen LogP contribution in [0.25, 0.3) is 0 Å². The van der Waals surface area contributed by atoms with Crippen molar-refractivity contribution < 1.29 is 0 Å². The molecule has 0 atom stereocenters. The van der Waals surface area contributed by atoms with E-state index in [9.17, 15) is 4.91 Å². The number of hydrogen-bond acceptors (Lipinski definition) is 5. The SMILES string of the molecule is CN1CCC(CCc2cccc(Nc3c(Cl)cccc3Cl)c2)(SN=O)CC1. The van der Waals surface area contributed by atoms with Crippen molar-refractivity contribution in [3.63, 3.8) is 0 Å². The Kier molecular flexibility index (Phi) is 7.04. The number of para-hydroxylation sites is 1. The number of likely N-dealkylation sites (tertiary alicyclic amines) is 1. The minimum Gasteiger partial charge on any atom is -0.353 e. The van der Waals surface area contributed by atoms with E-state index in [1.54, 1.807) is 0 Å². The molecule has 0 aliphatic carbocycles. The average molecular weight is 424 g/mol. The molecule has 1 heterocycles. The highest BCUT2D eigenvalue weighted by Gasteiger charge is 2.35. The first kappa shape index (κ1) is 20.5. The van der Waals surface area contributed by atoms with Crippen molar-refractivity contribution >= 4 is 46.5 Å². The van der Waals surface area contributed by atoms with Gasteiger partial charge in [0, 0.05) is 27.0 Å². The number of nitrogens with one attached hydrogen (secondary N) is 1. The van der Waals surface area contributed by atoms with Crippen molar-refractivity contribution in [2.24, 2.45) is 4.58 Å². The molecule has 1 aliphatic heterocycles. The summed E-state index contributed by atoms with van der Waals surface area (Å²) < 4.78 is 3.12. The monoisotopic (exact) mass is 423 g/mol. The van der Waals surface area contributed by atoms with Crippen LogP contribution in [0.2, 0.25) is 10.0 Å². The molecule has 1 saturated heterocycles. The van der Waals surface area contributed by atoms with Gasteiger partial charge in [-0.1, -0.05) is 41.4 Å². The van der Waals surface area contributed by atoms with E-state index in [4.69, 9.17) is 23.2 Å². The van der Waals surface area contributed by atoms with E-state index in [-0.39, 0.29) is 4.75 Å². The topological polar surface area (TPSA) is 44.7 Å². The molecule has 0 bridgehead atoms. The Morgan fingerprint density at radius 3 is 2.48 bits per heavy atom. The van der Waals surface area contributed by atoms with E-state index >= 15 is 0 Å². The molecule has 0 saturated carbocycles. The molecule has 0 radical (unpaired) electrons. The highest BCUT2D eigenvalue weighted by Crippen LogP contribution is 2.40. The van der Waals surface area contributed by atoms with E-state index in [0.717, 1.165) is 44.5 Å². The van der Waals surface area contributed by atoms with Gasteiger partial charge < -0.3 is 10.2 Å². The molecule has 2 aromatic rings. The van der Waals surface area contributed by atoms with Crippen molar-refractivity contribution in [2.45, 2.75) is 30.4 Å². The fourth-order valence-corrected chi connectivity index (χ4v) is 4.64. The zero-order chi connectivity index (χ0) is 19.3. The van der Waals surface area contributed by atoms with Crippen LogP contribution in [0.1, 0.15) is 24.8 Å². The Labute approximate surface area is 174 Å². The van der Waals surface area contributed by atoms with Crippen LogP contribution in [-0.2, 0) is 6.42 Å². The van der Waals surface area contributed by atoms with E-state index in [0.29, 0.717) is 15.7 Å². The summed E-state index contributed by atoms with van der Waals surface area (Å²) in [6, 6.07) is 13.7. The number of piperidine rings is 1. The maximum Gasteiger partial charge on any atom is 0.0762 e. The molecule has 0 aromatic heterocycles. The highest BCUT2D eigenvalue weighted by atomic mass is 35.5. The lowest BCUT2D eigenvalue weighted by Crippen LogP contribution is -2.40. The highest BCUT2D eigenvalue weighted by molar-refractivity contribution is 7.99. The molecule has 0 spiro atoms. The maximum absolute atomic E-state index is 11.0. The molecule has 0 amide bonds. The molecular weight excluding hydrogens is 401 g/mol. The molecule has 2 aromatic carbocycles. The Hall–Kier alpha value is -1.27. The second-order valence-electron chi connectivity index (χ2n) is 7.07. The molecule has 7 heteroatoms. The van der Waals surface area contributed by atoms with Crippen LogP contribution in [0.5, 0.6) is 0 Å². The lowest BCUT2D eigenvalue weighted by atomic mass is 9.89. The van der Waals surface area contributed by atoms with Crippen LogP contribution < -0.4 is 5.32 Å². The molecule has 1 aliphatic rings. The Bertz CT molecular complexity index is 774. The summed E-state index contributed by atoms with van der Waals surface area (Å²) in [7, 11) is 2.12. The molecular formula is C20H23Cl2N3OS. The quantitative estimate of drug-likeness (QED) is 0.404. The van der Waals surface area contributed by atoms with Gasteiger partial charge in [-0.2, -0.15) is 0 Å². The zero-order valence-electron chi connectivity index (χ0n) is 15.3. The number of nitroso groups, excluding NO2 is 1. The van der Waals surface area contributed by atoms with Crippen LogP contribution in [0.15, 0.2) is 47.0 Å². The molecule has 1 fully saturated rings. The van der Waals surface area contributed by atoms with Crippen molar-refractivity contribution in [2.75, 3.05) is 25.5 Å². The second kappa shape index (κ2) is 9.28. The predicted molar refractivity (Wildman–Crippen MR) is 117 cm³/mol. The summed E-state index contributed by atoms with van der Waals surface area (Å²) in [5.41, 5.74) is 2.87. The molecule has 4 nitrogen and oxygen atoms in total. The van der Waals surface area contributed by atoms with E-state index in [1.165, 1.54) is 17.5 Å². The van der Waals surface area contributed by atoms with Crippen molar-refractivity contribution in [1.82, 2.24) is 4.90 Å². The van der Waals surface area contributed by atoms with Gasteiger partial charge in [-0.25, -0.2) is 0 Å². The minimum atomic E-state index is -0.0518. The molecule has 27 heavy (non-hydrogen) atoms. The van der Waals surface area contributed by atoms with Gasteiger partial charge in [-0.05, 0) is 75.6 Å². The Morgan fingerprint density at radius 1 is 1.15 bits per heavy atom. The maximum atomic E-state index is 11.0. The van der Waals surface area contributed by atoms with Gasteiger partial charge in [-0.3, -0.25) is 0 Å². The van der Waals surface area contributed by atoms with Crippen LogP contribution >= 0.6 is 35.1 Å². The van der Waals surface area contributed by atoms with E-state index in [1.807, 2.05) is 30.3 Å². The Morgan fingerprint density at radius 2 is 1.81 bits per heavy atom. The summed E-state index contributed by atoms with van der Waals surface area (Å²) in [4.78, 5) is 13.3. The summed E-state index contributed by atoms with van der Waals surface area (Å²) in [6.45, 7) is 2.02. The van der Waals surface area contributed by atoms with Crippen LogP contribution in [-0.4, -0.2) is 29.8 Å². The van der Waals surface area contributed by atoms with Crippen LogP contribution in [0.3, 0.4) is 0 Å². The number of rotatable bonds is 7. The number of anilines is 2. The van der Waals surface area contributed by atoms with Gasteiger partial charge >= 0.3 is 0 Å². The van der Waals surface area contributed by atoms with Crippen molar-refractivity contribution in [3.05, 3.63) is 63.0 Å². The van der Waals surface area contributed by atoms with Crippen LogP contribution in [0.4, 0.5) is 11.4 Å². The van der Waals surface area contributed by atoms with Gasteiger partial charge in [0.25, 0.3) is 0 Å². The first-order valence-corrected chi connectivity index (χ1v) is 10.5. The average Bonchev–Trinajstić information content (AvgIpc) is 2.66. The standard InChI is InChI=1S/C20H23Cl2N3OS/c1-25-12-10-20(11-13-25,27-24-26)9-8-15-4-2-5-16(14-15)23-19-17(21)6-3-7-18(19)22/h2-7,14,23H,8-13H2,1H3. The summed E-state index contributed by atoms with van der Waals surface area (Å²) in [5.74, 6) is 0. The van der Waals surface area contributed by atoms with Crippen molar-refractivity contribution in [3.8, 4) is 0 Å². The minimum absolute atomic E-state index is 0.0518. The predicted octanol–water partition coefficient (Wildman–Crippen LogP) is 6.55. The lowest BCUT2D eigenvalue weighted by molar-refractivity contribution is 0.232. The number of aryl methyl sites for hydroxylation is 1. The van der Waals surface area contributed by atoms with Gasteiger partial charge in [0.1, 0.15) is 0 Å².